The highest BCUT2D eigenvalue weighted by molar-refractivity contribution is 5.97. The van der Waals surface area contributed by atoms with Crippen LogP contribution in [0.1, 0.15) is 41.9 Å². The molecule has 0 saturated carbocycles. The van der Waals surface area contributed by atoms with Gasteiger partial charge < -0.3 is 14.2 Å². The summed E-state index contributed by atoms with van der Waals surface area (Å²) in [6.07, 6.45) is 2.40. The Balaban J connectivity index is 1.18. The number of fused-ring (bicyclic) bond motifs is 1. The topological polar surface area (TPSA) is 64.4 Å². The predicted molar refractivity (Wildman–Crippen MR) is 140 cm³/mol. The molecule has 1 saturated heterocycles. The van der Waals surface area contributed by atoms with E-state index >= 15 is 0 Å². The minimum absolute atomic E-state index is 0.0241. The van der Waals surface area contributed by atoms with Gasteiger partial charge in [0.25, 0.3) is 0 Å². The number of carbonyl (C=O) groups excluding carboxylic acids is 2. The Kier molecular flexibility index (Phi) is 7.41. The summed E-state index contributed by atoms with van der Waals surface area (Å²) in [5, 5.41) is 0. The number of carbonyl (C=O) groups is 2. The molecule has 0 unspecified atom stereocenters. The van der Waals surface area contributed by atoms with Crippen LogP contribution < -0.4 is 4.74 Å². The molecule has 6 nitrogen and oxygen atoms in total. The SMILES string of the molecule is O=C(CCC(=O)N1CCC(Cn2c(COc3ccccc3)nc3ccccc32)CC1)c1ccccc1. The Morgan fingerprint density at radius 2 is 1.50 bits per heavy atom. The largest absolute Gasteiger partial charge is 0.486 e. The van der Waals surface area contributed by atoms with Crippen molar-refractivity contribution in [3.63, 3.8) is 0 Å². The normalized spacial score (nSPS) is 14.2. The van der Waals surface area contributed by atoms with Gasteiger partial charge in [-0.05, 0) is 43.0 Å². The van der Waals surface area contributed by atoms with E-state index in [2.05, 4.69) is 10.6 Å². The summed E-state index contributed by atoms with van der Waals surface area (Å²) >= 11 is 0. The molecule has 0 bridgehead atoms. The second-order valence-corrected chi connectivity index (χ2v) is 9.34. The first-order valence-electron chi connectivity index (χ1n) is 12.7. The van der Waals surface area contributed by atoms with Crippen molar-refractivity contribution in [2.24, 2.45) is 5.92 Å². The van der Waals surface area contributed by atoms with Crippen molar-refractivity contribution in [2.45, 2.75) is 38.8 Å². The van der Waals surface area contributed by atoms with Crippen LogP contribution in [0.3, 0.4) is 0 Å². The molecule has 1 aromatic heterocycles. The van der Waals surface area contributed by atoms with Gasteiger partial charge in [0.15, 0.2) is 5.78 Å². The van der Waals surface area contributed by atoms with Gasteiger partial charge in [-0.2, -0.15) is 0 Å². The number of Topliss-reactive ketones (excluding diaryl/α,β-unsaturated/α-hetero) is 1. The van der Waals surface area contributed by atoms with Crippen LogP contribution in [-0.4, -0.2) is 39.2 Å². The Morgan fingerprint density at radius 3 is 2.25 bits per heavy atom. The van der Waals surface area contributed by atoms with Crippen molar-refractivity contribution < 1.29 is 14.3 Å². The van der Waals surface area contributed by atoms with Gasteiger partial charge >= 0.3 is 0 Å². The molecule has 0 atom stereocenters. The average molecular weight is 482 g/mol. The van der Waals surface area contributed by atoms with Crippen LogP contribution in [0.5, 0.6) is 5.75 Å². The zero-order valence-electron chi connectivity index (χ0n) is 20.4. The average Bonchev–Trinajstić information content (AvgIpc) is 3.29. The second-order valence-electron chi connectivity index (χ2n) is 9.34. The van der Waals surface area contributed by atoms with E-state index in [9.17, 15) is 9.59 Å². The number of aromatic nitrogens is 2. The summed E-state index contributed by atoms with van der Waals surface area (Å²) in [5.41, 5.74) is 2.76. The molecule has 1 aliphatic rings. The Labute approximate surface area is 211 Å². The van der Waals surface area contributed by atoms with E-state index in [-0.39, 0.29) is 24.5 Å². The number of ketones is 1. The van der Waals surface area contributed by atoms with Crippen molar-refractivity contribution in [1.82, 2.24) is 14.5 Å². The predicted octanol–water partition coefficient (Wildman–Crippen LogP) is 5.52. The molecule has 1 aliphatic heterocycles. The van der Waals surface area contributed by atoms with Gasteiger partial charge in [-0.15, -0.1) is 0 Å². The number of imidazole rings is 1. The quantitative estimate of drug-likeness (QED) is 0.296. The van der Waals surface area contributed by atoms with Crippen LogP contribution in [0, 0.1) is 5.92 Å². The van der Waals surface area contributed by atoms with Crippen LogP contribution in [0.4, 0.5) is 0 Å². The summed E-state index contributed by atoms with van der Waals surface area (Å²) < 4.78 is 8.29. The first-order valence-corrected chi connectivity index (χ1v) is 12.7. The van der Waals surface area contributed by atoms with Gasteiger partial charge in [0.2, 0.25) is 5.91 Å². The van der Waals surface area contributed by atoms with Gasteiger partial charge in [0.1, 0.15) is 18.2 Å². The highest BCUT2D eigenvalue weighted by atomic mass is 16.5. The fourth-order valence-corrected chi connectivity index (χ4v) is 4.87. The molecule has 0 radical (unpaired) electrons. The lowest BCUT2D eigenvalue weighted by Crippen LogP contribution is -2.39. The van der Waals surface area contributed by atoms with Crippen LogP contribution in [0.25, 0.3) is 11.0 Å². The van der Waals surface area contributed by atoms with Gasteiger partial charge in [-0.3, -0.25) is 9.59 Å². The molecule has 36 heavy (non-hydrogen) atoms. The Morgan fingerprint density at radius 1 is 0.833 bits per heavy atom. The first kappa shape index (κ1) is 23.8. The highest BCUT2D eigenvalue weighted by Crippen LogP contribution is 2.25. The molecule has 1 amide bonds. The van der Waals surface area contributed by atoms with Crippen LogP contribution >= 0.6 is 0 Å². The van der Waals surface area contributed by atoms with Crippen molar-refractivity contribution in [3.8, 4) is 5.75 Å². The van der Waals surface area contributed by atoms with Crippen molar-refractivity contribution in [3.05, 3.63) is 96.3 Å². The molecule has 5 rings (SSSR count). The Hall–Kier alpha value is -3.93. The second kappa shape index (κ2) is 11.2. The van der Waals surface area contributed by atoms with E-state index in [4.69, 9.17) is 9.72 Å². The smallest absolute Gasteiger partial charge is 0.223 e. The third-order valence-corrected chi connectivity index (χ3v) is 6.91. The fourth-order valence-electron chi connectivity index (χ4n) is 4.87. The number of likely N-dealkylation sites (tertiary alicyclic amines) is 1. The molecule has 1 fully saturated rings. The van der Waals surface area contributed by atoms with Crippen molar-refractivity contribution in [1.29, 1.82) is 0 Å². The maximum Gasteiger partial charge on any atom is 0.223 e. The lowest BCUT2D eigenvalue weighted by molar-refractivity contribution is -0.132. The molecule has 0 aliphatic carbocycles. The van der Waals surface area contributed by atoms with E-state index in [1.807, 2.05) is 71.6 Å². The number of rotatable bonds is 9. The summed E-state index contributed by atoms with van der Waals surface area (Å²) in [7, 11) is 0. The lowest BCUT2D eigenvalue weighted by Gasteiger charge is -2.32. The van der Waals surface area contributed by atoms with Crippen LogP contribution in [0.2, 0.25) is 0 Å². The first-order chi connectivity index (χ1) is 17.7. The van der Waals surface area contributed by atoms with Gasteiger partial charge in [-0.1, -0.05) is 60.7 Å². The van der Waals surface area contributed by atoms with E-state index in [1.54, 1.807) is 12.1 Å². The number of nitrogens with zero attached hydrogens (tertiary/aromatic N) is 3. The minimum Gasteiger partial charge on any atom is -0.486 e. The third kappa shape index (κ3) is 5.65. The number of ether oxygens (including phenoxy) is 1. The standard InChI is InChI=1S/C30H31N3O3/c34-28(24-9-3-1-4-10-24)15-16-30(35)32-19-17-23(18-20-32)21-33-27-14-8-7-13-26(27)31-29(33)22-36-25-11-5-2-6-12-25/h1-14,23H,15-22H2. The molecular formula is C30H31N3O3. The molecule has 2 heterocycles. The summed E-state index contributed by atoms with van der Waals surface area (Å²) in [4.78, 5) is 31.9. The molecule has 0 N–H and O–H groups in total. The van der Waals surface area contributed by atoms with E-state index < -0.39 is 0 Å². The maximum absolute atomic E-state index is 12.7. The fraction of sp³-hybridized carbons (Fsp3) is 0.300. The van der Waals surface area contributed by atoms with Crippen LogP contribution in [0.15, 0.2) is 84.9 Å². The number of benzene rings is 3. The number of hydrogen-bond acceptors (Lipinski definition) is 4. The number of piperidine rings is 1. The van der Waals surface area contributed by atoms with Gasteiger partial charge in [0.05, 0.1) is 11.0 Å². The Bertz CT molecular complexity index is 1310. The van der Waals surface area contributed by atoms with Gasteiger partial charge in [-0.25, -0.2) is 4.98 Å². The molecule has 6 heteroatoms. The molecule has 4 aromatic rings. The molecule has 0 spiro atoms. The molecular weight excluding hydrogens is 450 g/mol. The van der Waals surface area contributed by atoms with Crippen LogP contribution in [-0.2, 0) is 17.9 Å². The summed E-state index contributed by atoms with van der Waals surface area (Å²) in [6.45, 7) is 2.71. The summed E-state index contributed by atoms with van der Waals surface area (Å²) in [6, 6.07) is 27.2. The number of hydrogen-bond donors (Lipinski definition) is 0. The zero-order valence-corrected chi connectivity index (χ0v) is 20.4. The van der Waals surface area contributed by atoms with Crippen molar-refractivity contribution >= 4 is 22.7 Å². The van der Waals surface area contributed by atoms with E-state index in [1.165, 1.54) is 0 Å². The monoisotopic (exact) mass is 481 g/mol. The molecule has 184 valence electrons. The highest BCUT2D eigenvalue weighted by Gasteiger charge is 2.25. The molecule has 3 aromatic carbocycles. The maximum atomic E-state index is 12.7. The lowest BCUT2D eigenvalue weighted by atomic mass is 9.96. The summed E-state index contributed by atoms with van der Waals surface area (Å²) in [5.74, 6) is 2.29. The number of amides is 1. The number of para-hydroxylation sites is 3. The van der Waals surface area contributed by atoms with Crippen molar-refractivity contribution in [2.75, 3.05) is 13.1 Å². The third-order valence-electron chi connectivity index (χ3n) is 6.91. The van der Waals surface area contributed by atoms with E-state index in [0.717, 1.165) is 55.1 Å². The van der Waals surface area contributed by atoms with Gasteiger partial charge in [0, 0.05) is 38.0 Å². The van der Waals surface area contributed by atoms with E-state index in [0.29, 0.717) is 18.1 Å². The zero-order chi connectivity index (χ0) is 24.7. The minimum atomic E-state index is 0.0241.